The lowest BCUT2D eigenvalue weighted by Crippen LogP contribution is -2.27. The summed E-state index contributed by atoms with van der Waals surface area (Å²) in [7, 11) is 1.95. The summed E-state index contributed by atoms with van der Waals surface area (Å²) in [5, 5.41) is 17.6. The normalized spacial score (nSPS) is 17.9. The summed E-state index contributed by atoms with van der Waals surface area (Å²) in [6, 6.07) is 8.22. The molecule has 0 fully saturated rings. The molecule has 0 radical (unpaired) electrons. The van der Waals surface area contributed by atoms with Crippen molar-refractivity contribution >= 4 is 0 Å². The molecule has 1 atom stereocenters. The van der Waals surface area contributed by atoms with Gasteiger partial charge in [-0.15, -0.1) is 0 Å². The van der Waals surface area contributed by atoms with E-state index in [0.717, 1.165) is 25.1 Å². The van der Waals surface area contributed by atoms with Crippen LogP contribution in [-0.4, -0.2) is 21.4 Å². The number of hydrogen-bond acceptors (Lipinski definition) is 3. The number of hydrogen-bond donors (Lipinski definition) is 2. The van der Waals surface area contributed by atoms with Gasteiger partial charge in [-0.3, -0.25) is 4.68 Å². The van der Waals surface area contributed by atoms with E-state index in [2.05, 4.69) is 22.5 Å². The number of aromatic nitrogens is 2. The number of phenols is 1. The highest BCUT2D eigenvalue weighted by molar-refractivity contribution is 5.38. The minimum absolute atomic E-state index is 0.373. The number of phenolic OH excluding ortho intramolecular Hbond substituents is 1. The van der Waals surface area contributed by atoms with Crippen LogP contribution in [0.25, 0.3) is 0 Å². The number of aryl methyl sites for hydroxylation is 2. The minimum Gasteiger partial charge on any atom is -0.508 e. The van der Waals surface area contributed by atoms with Gasteiger partial charge < -0.3 is 10.4 Å². The third-order valence-electron chi connectivity index (χ3n) is 3.98. The minimum atomic E-state index is 0.373. The Hall–Kier alpha value is -1.81. The summed E-state index contributed by atoms with van der Waals surface area (Å²) >= 11 is 0. The second-order valence-corrected chi connectivity index (χ2v) is 5.51. The highest BCUT2D eigenvalue weighted by atomic mass is 16.3. The molecule has 20 heavy (non-hydrogen) atoms. The van der Waals surface area contributed by atoms with Gasteiger partial charge in [-0.05, 0) is 48.6 Å². The molecular formula is C16H21N3O. The highest BCUT2D eigenvalue weighted by Gasteiger charge is 2.19. The van der Waals surface area contributed by atoms with E-state index in [1.54, 1.807) is 6.07 Å². The molecule has 1 heterocycles. The number of rotatable bonds is 4. The van der Waals surface area contributed by atoms with Crippen molar-refractivity contribution < 1.29 is 5.11 Å². The second-order valence-electron chi connectivity index (χ2n) is 5.51. The van der Waals surface area contributed by atoms with Gasteiger partial charge in [-0.2, -0.15) is 5.10 Å². The van der Waals surface area contributed by atoms with E-state index in [-0.39, 0.29) is 0 Å². The zero-order valence-electron chi connectivity index (χ0n) is 11.8. The number of aromatic hydroxyl groups is 1. The lowest BCUT2D eigenvalue weighted by Gasteiger charge is -2.26. The Bertz CT molecular complexity index is 591. The Balaban J connectivity index is 1.61. The Labute approximate surface area is 119 Å². The zero-order valence-corrected chi connectivity index (χ0v) is 11.8. The van der Waals surface area contributed by atoms with Crippen molar-refractivity contribution in [2.75, 3.05) is 6.54 Å². The van der Waals surface area contributed by atoms with Crippen LogP contribution in [0.15, 0.2) is 30.5 Å². The maximum Gasteiger partial charge on any atom is 0.115 e. The van der Waals surface area contributed by atoms with Crippen LogP contribution in [0.5, 0.6) is 5.75 Å². The number of nitrogens with one attached hydrogen (secondary N) is 1. The highest BCUT2D eigenvalue weighted by Crippen LogP contribution is 2.31. The van der Waals surface area contributed by atoms with E-state index in [9.17, 15) is 5.11 Å². The Morgan fingerprint density at radius 1 is 1.40 bits per heavy atom. The van der Waals surface area contributed by atoms with E-state index in [1.165, 1.54) is 24.0 Å². The summed E-state index contributed by atoms with van der Waals surface area (Å²) in [5.74, 6) is 0.373. The molecule has 4 heteroatoms. The summed E-state index contributed by atoms with van der Waals surface area (Å²) in [6.07, 6.45) is 6.35. The van der Waals surface area contributed by atoms with Crippen molar-refractivity contribution in [3.63, 3.8) is 0 Å². The fraction of sp³-hybridized carbons (Fsp3) is 0.438. The number of fused-ring (bicyclic) bond motifs is 1. The van der Waals surface area contributed by atoms with Gasteiger partial charge in [-0.1, -0.05) is 6.07 Å². The molecular weight excluding hydrogens is 250 g/mol. The van der Waals surface area contributed by atoms with Crippen molar-refractivity contribution in [1.82, 2.24) is 15.1 Å². The molecule has 1 aliphatic rings. The topological polar surface area (TPSA) is 50.1 Å². The van der Waals surface area contributed by atoms with E-state index < -0.39 is 0 Å². The maximum atomic E-state index is 9.57. The van der Waals surface area contributed by atoms with Gasteiger partial charge in [0.1, 0.15) is 5.75 Å². The van der Waals surface area contributed by atoms with Gasteiger partial charge in [0, 0.05) is 32.3 Å². The molecule has 0 saturated heterocycles. The van der Waals surface area contributed by atoms with Crippen molar-refractivity contribution in [2.24, 2.45) is 7.05 Å². The van der Waals surface area contributed by atoms with Crippen molar-refractivity contribution in [3.05, 3.63) is 47.3 Å². The van der Waals surface area contributed by atoms with E-state index in [0.29, 0.717) is 11.8 Å². The first-order valence-electron chi connectivity index (χ1n) is 7.26. The molecule has 4 nitrogen and oxygen atoms in total. The van der Waals surface area contributed by atoms with E-state index >= 15 is 0 Å². The summed E-state index contributed by atoms with van der Waals surface area (Å²) < 4.78 is 1.84. The predicted molar refractivity (Wildman–Crippen MR) is 78.7 cm³/mol. The first-order valence-corrected chi connectivity index (χ1v) is 7.26. The molecule has 1 unspecified atom stereocenters. The molecule has 106 valence electrons. The summed E-state index contributed by atoms with van der Waals surface area (Å²) in [4.78, 5) is 0. The van der Waals surface area contributed by atoms with Crippen molar-refractivity contribution in [3.8, 4) is 5.75 Å². The van der Waals surface area contributed by atoms with Gasteiger partial charge in [0.25, 0.3) is 0 Å². The zero-order chi connectivity index (χ0) is 13.9. The molecule has 0 spiro atoms. The molecule has 1 aromatic heterocycles. The summed E-state index contributed by atoms with van der Waals surface area (Å²) in [5.41, 5.74) is 3.75. The first-order chi connectivity index (χ1) is 9.72. The first kappa shape index (κ1) is 13.2. The Morgan fingerprint density at radius 2 is 2.30 bits per heavy atom. The molecule has 1 aromatic carbocycles. The fourth-order valence-corrected chi connectivity index (χ4v) is 2.98. The Kier molecular flexibility index (Phi) is 3.74. The van der Waals surface area contributed by atoms with Gasteiger partial charge in [0.15, 0.2) is 0 Å². The Morgan fingerprint density at radius 3 is 3.10 bits per heavy atom. The molecule has 1 aliphatic carbocycles. The average molecular weight is 271 g/mol. The van der Waals surface area contributed by atoms with Gasteiger partial charge in [-0.25, -0.2) is 0 Å². The van der Waals surface area contributed by atoms with Crippen LogP contribution in [0, 0.1) is 0 Å². The van der Waals surface area contributed by atoms with Gasteiger partial charge in [0.05, 0.1) is 5.69 Å². The van der Waals surface area contributed by atoms with Crippen LogP contribution in [0.2, 0.25) is 0 Å². The lowest BCUT2D eigenvalue weighted by atomic mass is 9.87. The van der Waals surface area contributed by atoms with Crippen LogP contribution in [-0.2, 0) is 19.9 Å². The van der Waals surface area contributed by atoms with Gasteiger partial charge in [0.2, 0.25) is 0 Å². The monoisotopic (exact) mass is 271 g/mol. The maximum absolute atomic E-state index is 9.57. The largest absolute Gasteiger partial charge is 0.508 e. The van der Waals surface area contributed by atoms with Crippen LogP contribution in [0.1, 0.15) is 35.7 Å². The van der Waals surface area contributed by atoms with Gasteiger partial charge >= 0.3 is 0 Å². The molecule has 0 bridgehead atoms. The standard InChI is InChI=1S/C16H21N3O/c1-19-10-8-13(18-19)7-9-17-16-4-2-3-12-11-14(20)5-6-15(12)16/h5-6,8,10-11,16-17,20H,2-4,7,9H2,1H3. The molecule has 2 N–H and O–H groups in total. The van der Waals surface area contributed by atoms with Crippen LogP contribution < -0.4 is 5.32 Å². The van der Waals surface area contributed by atoms with Crippen LogP contribution >= 0.6 is 0 Å². The summed E-state index contributed by atoms with van der Waals surface area (Å²) in [6.45, 7) is 0.933. The average Bonchev–Trinajstić information content (AvgIpc) is 2.84. The number of benzene rings is 1. The van der Waals surface area contributed by atoms with E-state index in [4.69, 9.17) is 0 Å². The third kappa shape index (κ3) is 2.85. The number of nitrogens with zero attached hydrogens (tertiary/aromatic N) is 2. The third-order valence-corrected chi connectivity index (χ3v) is 3.98. The molecule has 2 aromatic rings. The molecule has 0 amide bonds. The van der Waals surface area contributed by atoms with Crippen LogP contribution in [0.3, 0.4) is 0 Å². The SMILES string of the molecule is Cn1ccc(CCNC2CCCc3cc(O)ccc32)n1. The fourth-order valence-electron chi connectivity index (χ4n) is 2.98. The van der Waals surface area contributed by atoms with E-state index in [1.807, 2.05) is 24.0 Å². The van der Waals surface area contributed by atoms with Crippen molar-refractivity contribution in [1.29, 1.82) is 0 Å². The molecule has 0 saturated carbocycles. The van der Waals surface area contributed by atoms with Crippen LogP contribution in [0.4, 0.5) is 0 Å². The lowest BCUT2D eigenvalue weighted by molar-refractivity contribution is 0.451. The molecule has 0 aliphatic heterocycles. The predicted octanol–water partition coefficient (Wildman–Crippen LogP) is 2.34. The molecule has 3 rings (SSSR count). The van der Waals surface area contributed by atoms with Crippen molar-refractivity contribution in [2.45, 2.75) is 31.7 Å². The smallest absolute Gasteiger partial charge is 0.115 e. The quantitative estimate of drug-likeness (QED) is 0.897. The second kappa shape index (κ2) is 5.67.